The number of esters is 1. The Labute approximate surface area is 178 Å². The standard InChI is InChI=1S/C24H22F3NO3/c1-3-13-31-23(30)22-16(2)28(15-17-9-5-4-6-10-17)21(29)14-19(22)18-11-7-8-12-20(18)24(25,26)27/h3-12,19H,1,13-15H2,2H3. The van der Waals surface area contributed by atoms with Crippen LogP contribution in [-0.2, 0) is 27.0 Å². The molecule has 0 saturated heterocycles. The summed E-state index contributed by atoms with van der Waals surface area (Å²) in [5.74, 6) is -2.18. The molecular formula is C24H22F3NO3. The van der Waals surface area contributed by atoms with Crippen molar-refractivity contribution in [1.29, 1.82) is 0 Å². The van der Waals surface area contributed by atoms with Gasteiger partial charge in [0.1, 0.15) is 6.61 Å². The summed E-state index contributed by atoms with van der Waals surface area (Å²) >= 11 is 0. The molecule has 0 bridgehead atoms. The molecule has 0 radical (unpaired) electrons. The predicted molar refractivity (Wildman–Crippen MR) is 110 cm³/mol. The van der Waals surface area contributed by atoms with Crippen molar-refractivity contribution in [3.63, 3.8) is 0 Å². The van der Waals surface area contributed by atoms with Gasteiger partial charge in [-0.15, -0.1) is 0 Å². The van der Waals surface area contributed by atoms with Crippen molar-refractivity contribution in [2.75, 3.05) is 6.61 Å². The fourth-order valence-electron chi connectivity index (χ4n) is 3.77. The molecule has 0 N–H and O–H groups in total. The van der Waals surface area contributed by atoms with Crippen LogP contribution in [0.15, 0.2) is 78.5 Å². The van der Waals surface area contributed by atoms with Gasteiger partial charge in [-0.05, 0) is 24.1 Å². The monoisotopic (exact) mass is 429 g/mol. The Hall–Kier alpha value is -3.35. The molecule has 2 aromatic rings. The third-order valence-corrected chi connectivity index (χ3v) is 5.20. The van der Waals surface area contributed by atoms with E-state index in [1.165, 1.54) is 29.2 Å². The van der Waals surface area contributed by atoms with Crippen LogP contribution in [0.5, 0.6) is 0 Å². The van der Waals surface area contributed by atoms with Crippen LogP contribution in [0.2, 0.25) is 0 Å². The van der Waals surface area contributed by atoms with Gasteiger partial charge in [0.05, 0.1) is 17.7 Å². The van der Waals surface area contributed by atoms with Crippen LogP contribution in [0, 0.1) is 0 Å². The van der Waals surface area contributed by atoms with Gasteiger partial charge in [0, 0.05) is 18.0 Å². The lowest BCUT2D eigenvalue weighted by molar-refractivity contribution is -0.142. The average Bonchev–Trinajstić information content (AvgIpc) is 2.74. The summed E-state index contributed by atoms with van der Waals surface area (Å²) in [5.41, 5.74) is 0.187. The Morgan fingerprint density at radius 3 is 2.45 bits per heavy atom. The first-order chi connectivity index (χ1) is 14.7. The maximum Gasteiger partial charge on any atom is 0.416 e. The summed E-state index contributed by atoms with van der Waals surface area (Å²) in [4.78, 5) is 27.3. The van der Waals surface area contributed by atoms with E-state index < -0.39 is 23.6 Å². The summed E-state index contributed by atoms with van der Waals surface area (Å²) in [7, 11) is 0. The van der Waals surface area contributed by atoms with Gasteiger partial charge in [0.15, 0.2) is 0 Å². The fraction of sp³-hybridized carbons (Fsp3) is 0.250. The maximum atomic E-state index is 13.7. The molecule has 1 amide bonds. The smallest absolute Gasteiger partial charge is 0.416 e. The first-order valence-corrected chi connectivity index (χ1v) is 9.73. The minimum absolute atomic E-state index is 0.0501. The van der Waals surface area contributed by atoms with Crippen molar-refractivity contribution < 1.29 is 27.5 Å². The fourth-order valence-corrected chi connectivity index (χ4v) is 3.77. The largest absolute Gasteiger partial charge is 0.458 e. The van der Waals surface area contributed by atoms with E-state index in [1.54, 1.807) is 6.92 Å². The number of rotatable bonds is 6. The Bertz CT molecular complexity index is 1010. The van der Waals surface area contributed by atoms with E-state index >= 15 is 0 Å². The molecule has 162 valence electrons. The molecule has 0 spiro atoms. The number of hydrogen-bond acceptors (Lipinski definition) is 3. The van der Waals surface area contributed by atoms with Crippen LogP contribution in [0.4, 0.5) is 13.2 Å². The molecule has 4 nitrogen and oxygen atoms in total. The second kappa shape index (κ2) is 9.20. The summed E-state index contributed by atoms with van der Waals surface area (Å²) < 4.78 is 46.1. The Morgan fingerprint density at radius 2 is 1.81 bits per heavy atom. The summed E-state index contributed by atoms with van der Waals surface area (Å²) in [6.45, 7) is 5.18. The minimum Gasteiger partial charge on any atom is -0.458 e. The zero-order chi connectivity index (χ0) is 22.6. The molecule has 3 rings (SSSR count). The van der Waals surface area contributed by atoms with Crippen molar-refractivity contribution in [3.05, 3.63) is 95.2 Å². The SMILES string of the molecule is C=CCOC(=O)C1=C(C)N(Cc2ccccc2)C(=O)CC1c1ccccc1C(F)(F)F. The first-order valence-electron chi connectivity index (χ1n) is 9.73. The lowest BCUT2D eigenvalue weighted by Gasteiger charge is -2.35. The molecule has 1 aliphatic rings. The number of hydrogen-bond donors (Lipinski definition) is 0. The molecule has 31 heavy (non-hydrogen) atoms. The zero-order valence-electron chi connectivity index (χ0n) is 17.0. The molecule has 0 aromatic heterocycles. The lowest BCUT2D eigenvalue weighted by atomic mass is 9.81. The van der Waals surface area contributed by atoms with Crippen LogP contribution in [0.3, 0.4) is 0 Å². The third-order valence-electron chi connectivity index (χ3n) is 5.20. The Kier molecular flexibility index (Phi) is 6.63. The highest BCUT2D eigenvalue weighted by molar-refractivity contribution is 5.96. The van der Waals surface area contributed by atoms with Gasteiger partial charge in [0.2, 0.25) is 5.91 Å². The van der Waals surface area contributed by atoms with Crippen molar-refractivity contribution >= 4 is 11.9 Å². The number of ether oxygens (including phenoxy) is 1. The van der Waals surface area contributed by atoms with Crippen LogP contribution in [-0.4, -0.2) is 23.4 Å². The molecule has 0 fully saturated rings. The summed E-state index contributed by atoms with van der Waals surface area (Å²) in [6, 6.07) is 14.2. The molecular weight excluding hydrogens is 407 g/mol. The van der Waals surface area contributed by atoms with Gasteiger partial charge in [-0.2, -0.15) is 13.2 Å². The van der Waals surface area contributed by atoms with Crippen LogP contribution >= 0.6 is 0 Å². The Morgan fingerprint density at radius 1 is 1.16 bits per heavy atom. The molecule has 1 atom stereocenters. The van der Waals surface area contributed by atoms with Crippen molar-refractivity contribution in [3.8, 4) is 0 Å². The van der Waals surface area contributed by atoms with Crippen molar-refractivity contribution in [1.82, 2.24) is 4.90 Å². The highest BCUT2D eigenvalue weighted by Crippen LogP contribution is 2.43. The normalized spacial score (nSPS) is 17.0. The number of halogens is 3. The number of alkyl halides is 3. The average molecular weight is 429 g/mol. The van der Waals surface area contributed by atoms with E-state index in [1.807, 2.05) is 30.3 Å². The highest BCUT2D eigenvalue weighted by atomic mass is 19.4. The molecule has 1 aliphatic heterocycles. The Balaban J connectivity index is 2.11. The van der Waals surface area contributed by atoms with Crippen molar-refractivity contribution in [2.45, 2.75) is 32.0 Å². The number of allylic oxidation sites excluding steroid dienone is 1. The number of carbonyl (C=O) groups excluding carboxylic acids is 2. The number of nitrogens with zero attached hydrogens (tertiary/aromatic N) is 1. The van der Waals surface area contributed by atoms with Gasteiger partial charge >= 0.3 is 12.1 Å². The number of amides is 1. The van der Waals surface area contributed by atoms with Crippen LogP contribution in [0.25, 0.3) is 0 Å². The molecule has 1 heterocycles. The molecule has 0 aliphatic carbocycles. The lowest BCUT2D eigenvalue weighted by Crippen LogP contribution is -2.38. The predicted octanol–water partition coefficient (Wildman–Crippen LogP) is 5.22. The molecule has 2 aromatic carbocycles. The topological polar surface area (TPSA) is 46.6 Å². The second-order valence-corrected chi connectivity index (χ2v) is 7.19. The van der Waals surface area contributed by atoms with E-state index in [2.05, 4.69) is 6.58 Å². The van der Waals surface area contributed by atoms with Gasteiger partial charge in [0.25, 0.3) is 0 Å². The van der Waals surface area contributed by atoms with E-state index in [0.29, 0.717) is 0 Å². The van der Waals surface area contributed by atoms with Gasteiger partial charge < -0.3 is 9.64 Å². The number of benzene rings is 2. The maximum absolute atomic E-state index is 13.7. The summed E-state index contributed by atoms with van der Waals surface area (Å²) in [6.07, 6.45) is -3.51. The van der Waals surface area contributed by atoms with Crippen molar-refractivity contribution in [2.24, 2.45) is 0 Å². The van der Waals surface area contributed by atoms with E-state index in [9.17, 15) is 22.8 Å². The molecule has 1 unspecified atom stereocenters. The highest BCUT2D eigenvalue weighted by Gasteiger charge is 2.41. The van der Waals surface area contributed by atoms with Gasteiger partial charge in [-0.25, -0.2) is 4.79 Å². The van der Waals surface area contributed by atoms with Gasteiger partial charge in [-0.3, -0.25) is 4.79 Å². The van der Waals surface area contributed by atoms with E-state index in [4.69, 9.17) is 4.74 Å². The van der Waals surface area contributed by atoms with Gasteiger partial charge in [-0.1, -0.05) is 61.2 Å². The van der Waals surface area contributed by atoms with Crippen LogP contribution < -0.4 is 0 Å². The quantitative estimate of drug-likeness (QED) is 0.467. The molecule has 0 saturated carbocycles. The zero-order valence-corrected chi connectivity index (χ0v) is 17.0. The molecule has 7 heteroatoms. The summed E-state index contributed by atoms with van der Waals surface area (Å²) in [5, 5.41) is 0. The first kappa shape index (κ1) is 22.3. The van der Waals surface area contributed by atoms with Crippen LogP contribution in [0.1, 0.15) is 36.0 Å². The second-order valence-electron chi connectivity index (χ2n) is 7.19. The van der Waals surface area contributed by atoms with E-state index in [-0.39, 0.29) is 42.3 Å². The van der Waals surface area contributed by atoms with E-state index in [0.717, 1.165) is 11.6 Å². The minimum atomic E-state index is -4.62. The number of carbonyl (C=O) groups is 2. The third kappa shape index (κ3) is 4.87.